The third kappa shape index (κ3) is 9.86. The molecule has 0 aliphatic carbocycles. The van der Waals surface area contributed by atoms with Crippen molar-refractivity contribution >= 4 is 34.5 Å². The summed E-state index contributed by atoms with van der Waals surface area (Å²) in [5, 5.41) is 14.4. The fraction of sp³-hybridized carbons (Fsp3) is 0.429. The Morgan fingerprint density at radius 1 is 0.956 bits per heavy atom. The topological polar surface area (TPSA) is 125 Å². The quantitative estimate of drug-likeness (QED) is 0.291. The predicted molar refractivity (Wildman–Crippen MR) is 170 cm³/mol. The highest BCUT2D eigenvalue weighted by Crippen LogP contribution is 2.25. The number of aliphatic hydroxyl groups excluding tert-OH is 1. The molecule has 4 rings (SSSR count). The van der Waals surface area contributed by atoms with Crippen LogP contribution in [0.15, 0.2) is 72.8 Å². The lowest BCUT2D eigenvalue weighted by Crippen LogP contribution is -2.47. The fourth-order valence-corrected chi connectivity index (χ4v) is 5.29. The van der Waals surface area contributed by atoms with Crippen LogP contribution in [0.4, 0.5) is 4.79 Å². The number of rotatable bonds is 12. The third-order valence-electron chi connectivity index (χ3n) is 7.69. The van der Waals surface area contributed by atoms with Crippen LogP contribution in [-0.2, 0) is 30.5 Å². The molecule has 1 saturated heterocycles. The molecule has 0 bridgehead atoms. The molecule has 0 spiro atoms. The first-order valence-corrected chi connectivity index (χ1v) is 15.3. The van der Waals surface area contributed by atoms with Crippen LogP contribution in [0.3, 0.4) is 0 Å². The summed E-state index contributed by atoms with van der Waals surface area (Å²) in [6.45, 7) is 5.28. The van der Waals surface area contributed by atoms with Gasteiger partial charge >= 0.3 is 6.09 Å². The molecule has 10 heteroatoms. The van der Waals surface area contributed by atoms with Gasteiger partial charge in [-0.1, -0.05) is 72.8 Å². The normalized spacial score (nSPS) is 14.5. The van der Waals surface area contributed by atoms with E-state index in [1.807, 2.05) is 93.6 Å². The average molecular weight is 618 g/mol. The van der Waals surface area contributed by atoms with Crippen LogP contribution >= 0.6 is 0 Å². The van der Waals surface area contributed by atoms with Gasteiger partial charge in [-0.05, 0) is 55.5 Å². The molecule has 1 unspecified atom stereocenters. The summed E-state index contributed by atoms with van der Waals surface area (Å²) in [6, 6.07) is 22.9. The van der Waals surface area contributed by atoms with Gasteiger partial charge in [-0.2, -0.15) is 0 Å². The second-order valence-corrected chi connectivity index (χ2v) is 12.3. The Labute approximate surface area is 264 Å². The van der Waals surface area contributed by atoms with Crippen molar-refractivity contribution in [2.45, 2.75) is 51.7 Å². The van der Waals surface area contributed by atoms with E-state index in [-0.39, 0.29) is 38.3 Å². The highest BCUT2D eigenvalue weighted by molar-refractivity contribution is 5.92. The zero-order chi connectivity index (χ0) is 32.4. The van der Waals surface area contributed by atoms with Gasteiger partial charge in [-0.15, -0.1) is 0 Å². The molecule has 3 aromatic carbocycles. The summed E-state index contributed by atoms with van der Waals surface area (Å²) in [7, 11) is 0. The lowest BCUT2D eigenvalue weighted by atomic mass is 9.93. The largest absolute Gasteiger partial charge is 0.444 e. The van der Waals surface area contributed by atoms with Crippen molar-refractivity contribution in [1.82, 2.24) is 15.1 Å². The Morgan fingerprint density at radius 2 is 1.62 bits per heavy atom. The minimum atomic E-state index is -0.813. The molecule has 0 aromatic heterocycles. The SMILES string of the molecule is CC(C)(C)OC(=O)N1CCC(C(=O)NCC(C(=O)N(COCc2ccccc2)CC(=O)CO)c2ccc3ccccc3c2)CC1. The van der Waals surface area contributed by atoms with Crippen LogP contribution in [0.5, 0.6) is 0 Å². The van der Waals surface area contributed by atoms with Crippen LogP contribution < -0.4 is 5.32 Å². The maximum absolute atomic E-state index is 14.1. The number of hydrogen-bond acceptors (Lipinski definition) is 7. The summed E-state index contributed by atoms with van der Waals surface area (Å²) in [6.07, 6.45) is 0.559. The first kappa shape index (κ1) is 33.6. The first-order valence-electron chi connectivity index (χ1n) is 15.3. The van der Waals surface area contributed by atoms with Crippen molar-refractivity contribution in [3.63, 3.8) is 0 Å². The van der Waals surface area contributed by atoms with E-state index in [4.69, 9.17) is 9.47 Å². The number of amides is 3. The zero-order valence-corrected chi connectivity index (χ0v) is 26.2. The van der Waals surface area contributed by atoms with E-state index in [9.17, 15) is 24.3 Å². The smallest absolute Gasteiger partial charge is 0.410 e. The first-order chi connectivity index (χ1) is 21.5. The summed E-state index contributed by atoms with van der Waals surface area (Å²) >= 11 is 0. The van der Waals surface area contributed by atoms with Crippen molar-refractivity contribution in [2.24, 2.45) is 5.92 Å². The highest BCUT2D eigenvalue weighted by Gasteiger charge is 2.32. The second kappa shape index (κ2) is 15.6. The minimum Gasteiger partial charge on any atom is -0.444 e. The number of ketones is 1. The van der Waals surface area contributed by atoms with Gasteiger partial charge < -0.3 is 29.7 Å². The molecule has 240 valence electrons. The van der Waals surface area contributed by atoms with E-state index < -0.39 is 35.9 Å². The predicted octanol–water partition coefficient (Wildman–Crippen LogP) is 4.25. The lowest BCUT2D eigenvalue weighted by Gasteiger charge is -2.33. The molecular formula is C35H43N3O7. The van der Waals surface area contributed by atoms with Crippen LogP contribution in [0, 0.1) is 5.92 Å². The van der Waals surface area contributed by atoms with Crippen LogP contribution in [0.2, 0.25) is 0 Å². The van der Waals surface area contributed by atoms with Gasteiger partial charge in [0.1, 0.15) is 18.9 Å². The van der Waals surface area contributed by atoms with Crippen molar-refractivity contribution in [3.8, 4) is 0 Å². The maximum Gasteiger partial charge on any atom is 0.410 e. The zero-order valence-electron chi connectivity index (χ0n) is 26.2. The summed E-state index contributed by atoms with van der Waals surface area (Å²) in [5.74, 6) is -2.26. The number of Topliss-reactive ketones (excluding diaryl/α,β-unsaturated/α-hetero) is 1. The van der Waals surface area contributed by atoms with Gasteiger partial charge in [0.25, 0.3) is 0 Å². The monoisotopic (exact) mass is 617 g/mol. The van der Waals surface area contributed by atoms with Crippen LogP contribution in [0.1, 0.15) is 50.7 Å². The lowest BCUT2D eigenvalue weighted by molar-refractivity contribution is -0.143. The number of piperidine rings is 1. The Hall–Kier alpha value is -4.28. The summed E-state index contributed by atoms with van der Waals surface area (Å²) in [5.41, 5.74) is 0.996. The third-order valence-corrected chi connectivity index (χ3v) is 7.69. The van der Waals surface area contributed by atoms with Crippen molar-refractivity contribution in [1.29, 1.82) is 0 Å². The molecule has 45 heavy (non-hydrogen) atoms. The van der Waals surface area contributed by atoms with E-state index in [0.29, 0.717) is 31.5 Å². The van der Waals surface area contributed by atoms with Gasteiger partial charge in [-0.3, -0.25) is 14.4 Å². The van der Waals surface area contributed by atoms with E-state index in [1.54, 1.807) is 4.90 Å². The van der Waals surface area contributed by atoms with Gasteiger partial charge in [-0.25, -0.2) is 4.79 Å². The van der Waals surface area contributed by atoms with Crippen molar-refractivity contribution < 1.29 is 33.8 Å². The van der Waals surface area contributed by atoms with Crippen LogP contribution in [0.25, 0.3) is 10.8 Å². The number of carbonyl (C=O) groups is 4. The molecule has 2 N–H and O–H groups in total. The Balaban J connectivity index is 1.48. The van der Waals surface area contributed by atoms with E-state index in [1.165, 1.54) is 4.90 Å². The van der Waals surface area contributed by atoms with E-state index >= 15 is 0 Å². The van der Waals surface area contributed by atoms with Crippen LogP contribution in [-0.4, -0.2) is 83.7 Å². The molecule has 0 saturated carbocycles. The molecule has 1 heterocycles. The Bertz CT molecular complexity index is 1460. The summed E-state index contributed by atoms with van der Waals surface area (Å²) < 4.78 is 11.3. The number of benzene rings is 3. The Morgan fingerprint density at radius 3 is 2.29 bits per heavy atom. The Kier molecular flexibility index (Phi) is 11.7. The number of fused-ring (bicyclic) bond motifs is 1. The molecular weight excluding hydrogens is 574 g/mol. The highest BCUT2D eigenvalue weighted by atomic mass is 16.6. The van der Waals surface area contributed by atoms with Gasteiger partial charge in [0, 0.05) is 25.6 Å². The van der Waals surface area contributed by atoms with Crippen molar-refractivity contribution in [3.05, 3.63) is 83.9 Å². The number of likely N-dealkylation sites (tertiary alicyclic amines) is 1. The number of aliphatic hydroxyl groups is 1. The van der Waals surface area contributed by atoms with Gasteiger partial charge in [0.05, 0.1) is 19.1 Å². The van der Waals surface area contributed by atoms with E-state index in [2.05, 4.69) is 5.32 Å². The second-order valence-electron chi connectivity index (χ2n) is 12.3. The molecule has 0 radical (unpaired) electrons. The molecule has 1 fully saturated rings. The number of carbonyl (C=O) groups excluding carboxylic acids is 4. The molecule has 10 nitrogen and oxygen atoms in total. The number of hydrogen-bond donors (Lipinski definition) is 2. The average Bonchev–Trinajstić information content (AvgIpc) is 3.03. The number of nitrogens with zero attached hydrogens (tertiary/aromatic N) is 2. The fourth-order valence-electron chi connectivity index (χ4n) is 5.29. The van der Waals surface area contributed by atoms with Crippen molar-refractivity contribution in [2.75, 3.05) is 39.5 Å². The molecule has 1 aliphatic rings. The number of ether oxygens (including phenoxy) is 2. The molecule has 3 aromatic rings. The maximum atomic E-state index is 14.1. The molecule has 1 aliphatic heterocycles. The molecule has 1 atom stereocenters. The number of nitrogens with one attached hydrogen (secondary N) is 1. The summed E-state index contributed by atoms with van der Waals surface area (Å²) in [4.78, 5) is 55.1. The van der Waals surface area contributed by atoms with Gasteiger partial charge in [0.15, 0.2) is 5.78 Å². The molecule has 3 amide bonds. The standard InChI is InChI=1S/C35H43N3O7/c1-35(2,3)45-34(43)37-17-15-27(16-18-37)32(41)36-20-31(29-14-13-26-11-7-8-12-28(26)19-29)33(42)38(21-30(40)22-39)24-44-23-25-9-5-4-6-10-25/h4-14,19,27,31,39H,15-18,20-24H2,1-3H3,(H,36,41). The van der Waals surface area contributed by atoms with Gasteiger partial charge in [0.2, 0.25) is 11.8 Å². The van der Waals surface area contributed by atoms with E-state index in [0.717, 1.165) is 16.3 Å². The minimum absolute atomic E-state index is 0.00475.